The average Bonchev–Trinajstić information content (AvgIpc) is 2.59. The van der Waals surface area contributed by atoms with Crippen molar-refractivity contribution in [2.45, 2.75) is 11.8 Å². The van der Waals surface area contributed by atoms with E-state index in [4.69, 9.17) is 16.7 Å². The van der Waals surface area contributed by atoms with Crippen LogP contribution in [0, 0.1) is 27.2 Å². The van der Waals surface area contributed by atoms with E-state index in [1.165, 1.54) is 13.0 Å². The van der Waals surface area contributed by atoms with E-state index in [9.17, 15) is 33.4 Å². The van der Waals surface area contributed by atoms with E-state index in [0.29, 0.717) is 4.31 Å². The second kappa shape index (κ2) is 7.78. The molecule has 28 heavy (non-hydrogen) atoms. The Morgan fingerprint density at radius 2 is 1.79 bits per heavy atom. The van der Waals surface area contributed by atoms with Gasteiger partial charge in [0.05, 0.1) is 25.5 Å². The smallest absolute Gasteiger partial charge is 0.324 e. The maximum absolute atomic E-state index is 13.0. The van der Waals surface area contributed by atoms with E-state index in [1.54, 1.807) is 0 Å². The Kier molecular flexibility index (Phi) is 5.85. The molecule has 0 bridgehead atoms. The van der Waals surface area contributed by atoms with Crippen molar-refractivity contribution in [1.29, 1.82) is 0 Å². The third kappa shape index (κ3) is 4.18. The number of carbonyl (C=O) groups is 1. The van der Waals surface area contributed by atoms with Gasteiger partial charge in [-0.15, -0.1) is 0 Å². The van der Waals surface area contributed by atoms with E-state index in [1.807, 2.05) is 0 Å². The third-order valence-corrected chi connectivity index (χ3v) is 5.73. The molecule has 2 rings (SSSR count). The Morgan fingerprint density at radius 3 is 2.32 bits per heavy atom. The lowest BCUT2D eigenvalue weighted by Gasteiger charge is -2.23. The van der Waals surface area contributed by atoms with E-state index < -0.39 is 54.3 Å². The molecule has 0 radical (unpaired) electrons. The number of sulfonamides is 1. The van der Waals surface area contributed by atoms with Crippen LogP contribution >= 0.6 is 11.6 Å². The zero-order valence-electron chi connectivity index (χ0n) is 14.1. The SMILES string of the molecule is Cc1ccc(S(=O)(=O)N(CC(=O)O)c2cc([N+](=O)[O-])ccc2Cl)cc1[N+](=O)[O-]. The van der Waals surface area contributed by atoms with Crippen molar-refractivity contribution in [3.05, 3.63) is 67.2 Å². The van der Waals surface area contributed by atoms with Gasteiger partial charge in [0.15, 0.2) is 0 Å². The summed E-state index contributed by atoms with van der Waals surface area (Å²) in [6.07, 6.45) is 0. The highest BCUT2D eigenvalue weighted by molar-refractivity contribution is 7.92. The number of aliphatic carboxylic acids is 1. The molecule has 0 atom stereocenters. The molecule has 0 amide bonds. The number of nitrogens with zero attached hydrogens (tertiary/aromatic N) is 3. The van der Waals surface area contributed by atoms with Gasteiger partial charge in [0.25, 0.3) is 21.4 Å². The molecule has 0 saturated carbocycles. The molecular formula is C15H12ClN3O8S. The molecule has 1 N–H and O–H groups in total. The molecule has 11 nitrogen and oxygen atoms in total. The number of nitro groups is 2. The summed E-state index contributed by atoms with van der Waals surface area (Å²) in [4.78, 5) is 31.2. The van der Waals surface area contributed by atoms with Crippen LogP contribution in [0.3, 0.4) is 0 Å². The Morgan fingerprint density at radius 1 is 1.14 bits per heavy atom. The summed E-state index contributed by atoms with van der Waals surface area (Å²) in [5, 5.41) is 31.0. The molecule has 0 fully saturated rings. The molecule has 2 aromatic carbocycles. The molecule has 0 aliphatic rings. The molecule has 148 valence electrons. The maximum Gasteiger partial charge on any atom is 0.324 e. The van der Waals surface area contributed by atoms with Crippen molar-refractivity contribution in [1.82, 2.24) is 0 Å². The molecule has 0 aliphatic heterocycles. The molecule has 2 aromatic rings. The second-order valence-electron chi connectivity index (χ2n) is 5.50. The molecule has 0 unspecified atom stereocenters. The van der Waals surface area contributed by atoms with Crippen LogP contribution in [0.15, 0.2) is 41.3 Å². The highest BCUT2D eigenvalue weighted by Gasteiger charge is 2.31. The van der Waals surface area contributed by atoms with Crippen molar-refractivity contribution < 1.29 is 28.2 Å². The van der Waals surface area contributed by atoms with E-state index >= 15 is 0 Å². The van der Waals surface area contributed by atoms with Crippen molar-refractivity contribution in [3.63, 3.8) is 0 Å². The van der Waals surface area contributed by atoms with E-state index in [2.05, 4.69) is 0 Å². The number of carboxylic acid groups (broad SMARTS) is 1. The standard InChI is InChI=1S/C15H12ClN3O8S/c1-9-2-4-11(7-13(9)19(24)25)28(26,27)17(8-15(20)21)14-6-10(18(22)23)3-5-12(14)16/h2-7H,8H2,1H3,(H,20,21). The number of anilines is 1. The minimum absolute atomic E-state index is 0.196. The Hall–Kier alpha value is -3.25. The molecule has 13 heteroatoms. The normalized spacial score (nSPS) is 11.1. The number of non-ortho nitro benzene ring substituents is 1. The Bertz CT molecular complexity index is 1090. The number of benzene rings is 2. The summed E-state index contributed by atoms with van der Waals surface area (Å²) in [6.45, 7) is 0.297. The van der Waals surface area contributed by atoms with Crippen LogP contribution in [-0.4, -0.2) is 35.9 Å². The lowest BCUT2D eigenvalue weighted by atomic mass is 10.2. The van der Waals surface area contributed by atoms with Gasteiger partial charge >= 0.3 is 5.97 Å². The van der Waals surface area contributed by atoms with Crippen LogP contribution in [0.2, 0.25) is 5.02 Å². The maximum atomic E-state index is 13.0. The Balaban J connectivity index is 2.71. The average molecular weight is 430 g/mol. The van der Waals surface area contributed by atoms with Gasteiger partial charge in [-0.1, -0.05) is 17.7 Å². The van der Waals surface area contributed by atoms with Crippen LogP contribution in [0.1, 0.15) is 5.56 Å². The van der Waals surface area contributed by atoms with Gasteiger partial charge in [-0.2, -0.15) is 0 Å². The third-order valence-electron chi connectivity index (χ3n) is 3.65. The van der Waals surface area contributed by atoms with Crippen LogP contribution in [0.4, 0.5) is 17.1 Å². The predicted octanol–water partition coefficient (Wildman–Crippen LogP) is 2.74. The minimum Gasteiger partial charge on any atom is -0.480 e. The molecule has 0 aromatic heterocycles. The van der Waals surface area contributed by atoms with Crippen molar-refractivity contribution in [3.8, 4) is 0 Å². The fourth-order valence-corrected chi connectivity index (χ4v) is 4.02. The number of rotatable bonds is 7. The summed E-state index contributed by atoms with van der Waals surface area (Å²) in [7, 11) is -4.65. The van der Waals surface area contributed by atoms with Gasteiger partial charge in [0.2, 0.25) is 0 Å². The first-order chi connectivity index (χ1) is 12.9. The Labute approximate surface area is 163 Å². The predicted molar refractivity (Wildman–Crippen MR) is 98.1 cm³/mol. The lowest BCUT2D eigenvalue weighted by Crippen LogP contribution is -2.36. The summed E-state index contributed by atoms with van der Waals surface area (Å²) >= 11 is 5.95. The first-order valence-electron chi connectivity index (χ1n) is 7.38. The summed E-state index contributed by atoms with van der Waals surface area (Å²) < 4.78 is 26.3. The second-order valence-corrected chi connectivity index (χ2v) is 7.77. The van der Waals surface area contributed by atoms with Crippen LogP contribution in [0.5, 0.6) is 0 Å². The van der Waals surface area contributed by atoms with Crippen molar-refractivity contribution in [2.24, 2.45) is 0 Å². The van der Waals surface area contributed by atoms with Gasteiger partial charge in [0, 0.05) is 23.8 Å². The van der Waals surface area contributed by atoms with Gasteiger partial charge in [-0.3, -0.25) is 29.3 Å². The molecule has 0 aliphatic carbocycles. The summed E-state index contributed by atoms with van der Waals surface area (Å²) in [5.41, 5.74) is -1.25. The largest absolute Gasteiger partial charge is 0.480 e. The first kappa shape index (κ1) is 21.1. The van der Waals surface area contributed by atoms with Gasteiger partial charge in [0.1, 0.15) is 6.54 Å². The van der Waals surface area contributed by atoms with Gasteiger partial charge in [-0.25, -0.2) is 8.42 Å². The monoisotopic (exact) mass is 429 g/mol. The summed E-state index contributed by atoms with van der Waals surface area (Å²) in [5.74, 6) is -1.56. The van der Waals surface area contributed by atoms with Gasteiger partial charge < -0.3 is 5.11 Å². The topological polar surface area (TPSA) is 161 Å². The molecule has 0 heterocycles. The summed E-state index contributed by atoms with van der Waals surface area (Å²) in [6, 6.07) is 5.93. The van der Waals surface area contributed by atoms with E-state index in [0.717, 1.165) is 30.3 Å². The lowest BCUT2D eigenvalue weighted by molar-refractivity contribution is -0.385. The highest BCUT2D eigenvalue weighted by atomic mass is 35.5. The number of hydrogen-bond donors (Lipinski definition) is 1. The number of carboxylic acids is 1. The number of nitro benzene ring substituents is 2. The van der Waals surface area contributed by atoms with Crippen LogP contribution < -0.4 is 4.31 Å². The number of halogens is 1. The fraction of sp³-hybridized carbons (Fsp3) is 0.133. The molecule has 0 spiro atoms. The van der Waals surface area contributed by atoms with Crippen LogP contribution in [0.25, 0.3) is 0 Å². The van der Waals surface area contributed by atoms with Crippen LogP contribution in [-0.2, 0) is 14.8 Å². The molecule has 0 saturated heterocycles. The van der Waals surface area contributed by atoms with Crippen molar-refractivity contribution >= 4 is 44.7 Å². The fourth-order valence-electron chi connectivity index (χ4n) is 2.30. The zero-order chi connectivity index (χ0) is 21.2. The highest BCUT2D eigenvalue weighted by Crippen LogP contribution is 2.34. The first-order valence-corrected chi connectivity index (χ1v) is 9.20. The minimum atomic E-state index is -4.65. The van der Waals surface area contributed by atoms with E-state index in [-0.39, 0.29) is 10.6 Å². The quantitative estimate of drug-likeness (QED) is 0.518. The van der Waals surface area contributed by atoms with Gasteiger partial charge in [-0.05, 0) is 19.1 Å². The number of aryl methyl sites for hydroxylation is 1. The number of hydrogen-bond acceptors (Lipinski definition) is 7. The molecular weight excluding hydrogens is 418 g/mol. The zero-order valence-corrected chi connectivity index (χ0v) is 15.7. The van der Waals surface area contributed by atoms with Crippen molar-refractivity contribution in [2.75, 3.05) is 10.8 Å².